The molecule has 2 aromatic carbocycles. The zero-order valence-electron chi connectivity index (χ0n) is 17.3. The van der Waals surface area contributed by atoms with E-state index >= 15 is 0 Å². The lowest BCUT2D eigenvalue weighted by Gasteiger charge is -2.19. The van der Waals surface area contributed by atoms with Gasteiger partial charge in [-0.3, -0.25) is 4.79 Å². The summed E-state index contributed by atoms with van der Waals surface area (Å²) in [5.41, 5.74) is 0.979. The molecule has 0 aliphatic rings. The molecule has 0 heterocycles. The van der Waals surface area contributed by atoms with Crippen molar-refractivity contribution in [3.05, 3.63) is 59.4 Å². The zero-order valence-corrected chi connectivity index (χ0v) is 18.1. The Morgan fingerprint density at radius 3 is 2.27 bits per heavy atom. The smallest absolute Gasteiger partial charge is 0.341 e. The summed E-state index contributed by atoms with van der Waals surface area (Å²) in [4.78, 5) is 24.4. The number of anilines is 1. The minimum atomic E-state index is -3.88. The number of benzene rings is 2. The number of hydrogen-bond donors (Lipinski definition) is 1. The third kappa shape index (κ3) is 5.43. The SMILES string of the molecule is CCN(CC)S(=O)(=O)c1ccc(F)c(C(=O)OC(C)C(=O)Nc2ccc(C)cc2)c1. The minimum absolute atomic E-state index is 0.226. The Morgan fingerprint density at radius 1 is 1.10 bits per heavy atom. The minimum Gasteiger partial charge on any atom is -0.449 e. The third-order valence-electron chi connectivity index (χ3n) is 4.47. The molecule has 0 spiro atoms. The van der Waals surface area contributed by atoms with Crippen LogP contribution in [0.25, 0.3) is 0 Å². The second-order valence-electron chi connectivity index (χ2n) is 6.63. The number of ether oxygens (including phenoxy) is 1. The van der Waals surface area contributed by atoms with Gasteiger partial charge in [0.15, 0.2) is 6.10 Å². The Bertz CT molecular complexity index is 1020. The molecule has 30 heavy (non-hydrogen) atoms. The number of rotatable bonds is 8. The van der Waals surface area contributed by atoms with Crippen LogP contribution >= 0.6 is 0 Å². The van der Waals surface area contributed by atoms with Crippen molar-refractivity contribution in [2.75, 3.05) is 18.4 Å². The molecule has 162 valence electrons. The van der Waals surface area contributed by atoms with Crippen LogP contribution in [0.4, 0.5) is 10.1 Å². The van der Waals surface area contributed by atoms with Gasteiger partial charge in [-0.05, 0) is 44.2 Å². The number of aryl methyl sites for hydroxylation is 1. The first-order valence-electron chi connectivity index (χ1n) is 9.48. The number of carbonyl (C=O) groups is 2. The number of sulfonamides is 1. The topological polar surface area (TPSA) is 92.8 Å². The second kappa shape index (κ2) is 9.82. The van der Waals surface area contributed by atoms with Crippen molar-refractivity contribution in [1.82, 2.24) is 4.31 Å². The summed E-state index contributed by atoms with van der Waals surface area (Å²) in [6, 6.07) is 9.92. The van der Waals surface area contributed by atoms with Gasteiger partial charge in [-0.2, -0.15) is 4.31 Å². The molecule has 9 heteroatoms. The highest BCUT2D eigenvalue weighted by Gasteiger charge is 2.26. The number of halogens is 1. The van der Waals surface area contributed by atoms with E-state index in [0.29, 0.717) is 5.69 Å². The fourth-order valence-electron chi connectivity index (χ4n) is 2.69. The summed E-state index contributed by atoms with van der Waals surface area (Å²) in [6.45, 7) is 7.05. The van der Waals surface area contributed by atoms with Crippen LogP contribution in [0.1, 0.15) is 36.7 Å². The van der Waals surface area contributed by atoms with E-state index in [4.69, 9.17) is 4.74 Å². The van der Waals surface area contributed by atoms with E-state index in [2.05, 4.69) is 5.32 Å². The molecule has 0 radical (unpaired) electrons. The summed E-state index contributed by atoms with van der Waals surface area (Å²) in [7, 11) is -3.88. The van der Waals surface area contributed by atoms with Crippen LogP contribution in [0.2, 0.25) is 0 Å². The monoisotopic (exact) mass is 436 g/mol. The maximum atomic E-state index is 14.2. The number of esters is 1. The third-order valence-corrected chi connectivity index (χ3v) is 6.52. The van der Waals surface area contributed by atoms with Gasteiger partial charge in [0, 0.05) is 18.8 Å². The van der Waals surface area contributed by atoms with E-state index in [1.54, 1.807) is 26.0 Å². The Balaban J connectivity index is 2.18. The summed E-state index contributed by atoms with van der Waals surface area (Å²) in [6.07, 6.45) is -1.22. The van der Waals surface area contributed by atoms with Gasteiger partial charge in [0.25, 0.3) is 5.91 Å². The van der Waals surface area contributed by atoms with Gasteiger partial charge >= 0.3 is 5.97 Å². The van der Waals surface area contributed by atoms with Crippen molar-refractivity contribution < 1.29 is 27.1 Å². The first-order chi connectivity index (χ1) is 14.1. The van der Waals surface area contributed by atoms with Gasteiger partial charge in [-0.15, -0.1) is 0 Å². The van der Waals surface area contributed by atoms with E-state index in [1.165, 1.54) is 11.2 Å². The molecule has 0 fully saturated rings. The fourth-order valence-corrected chi connectivity index (χ4v) is 4.18. The van der Waals surface area contributed by atoms with Crippen molar-refractivity contribution in [2.45, 2.75) is 38.7 Å². The molecule has 2 aromatic rings. The highest BCUT2D eigenvalue weighted by molar-refractivity contribution is 7.89. The van der Waals surface area contributed by atoms with Crippen LogP contribution in [0, 0.1) is 12.7 Å². The average Bonchev–Trinajstić information content (AvgIpc) is 2.70. The van der Waals surface area contributed by atoms with E-state index in [-0.39, 0.29) is 18.0 Å². The van der Waals surface area contributed by atoms with Gasteiger partial charge in [0.05, 0.1) is 10.5 Å². The van der Waals surface area contributed by atoms with Crippen LogP contribution in [0.5, 0.6) is 0 Å². The van der Waals surface area contributed by atoms with E-state index < -0.39 is 39.4 Å². The number of nitrogens with zero attached hydrogens (tertiary/aromatic N) is 1. The van der Waals surface area contributed by atoms with Crippen molar-refractivity contribution in [1.29, 1.82) is 0 Å². The van der Waals surface area contributed by atoms with Crippen LogP contribution in [0.15, 0.2) is 47.4 Å². The molecule has 1 atom stereocenters. The van der Waals surface area contributed by atoms with E-state index in [0.717, 1.165) is 23.8 Å². The molecule has 2 rings (SSSR count). The van der Waals surface area contributed by atoms with Crippen LogP contribution in [0.3, 0.4) is 0 Å². The van der Waals surface area contributed by atoms with Crippen molar-refractivity contribution in [3.63, 3.8) is 0 Å². The van der Waals surface area contributed by atoms with Gasteiger partial charge in [-0.25, -0.2) is 17.6 Å². The van der Waals surface area contributed by atoms with Crippen molar-refractivity contribution in [2.24, 2.45) is 0 Å². The maximum absolute atomic E-state index is 14.2. The highest BCUT2D eigenvalue weighted by Crippen LogP contribution is 2.20. The van der Waals surface area contributed by atoms with Crippen LogP contribution in [-0.4, -0.2) is 43.8 Å². The largest absolute Gasteiger partial charge is 0.449 e. The predicted octanol–water partition coefficient (Wildman–Crippen LogP) is 3.35. The summed E-state index contributed by atoms with van der Waals surface area (Å²) in [5.74, 6) is -2.67. The Morgan fingerprint density at radius 2 is 1.70 bits per heavy atom. The Hall–Kier alpha value is -2.78. The van der Waals surface area contributed by atoms with Crippen LogP contribution < -0.4 is 5.32 Å². The Labute approximate surface area is 175 Å². The van der Waals surface area contributed by atoms with E-state index in [1.807, 2.05) is 19.1 Å². The summed E-state index contributed by atoms with van der Waals surface area (Å²) < 4.78 is 45.7. The first kappa shape index (κ1) is 23.5. The lowest BCUT2D eigenvalue weighted by Crippen LogP contribution is -2.31. The number of amides is 1. The molecule has 1 unspecified atom stereocenters. The lowest BCUT2D eigenvalue weighted by atomic mass is 10.2. The molecule has 0 saturated carbocycles. The number of hydrogen-bond acceptors (Lipinski definition) is 5. The fraction of sp³-hybridized carbons (Fsp3) is 0.333. The molecule has 0 aromatic heterocycles. The second-order valence-corrected chi connectivity index (χ2v) is 8.57. The predicted molar refractivity (Wildman–Crippen MR) is 111 cm³/mol. The molecular weight excluding hydrogens is 411 g/mol. The van der Waals surface area contributed by atoms with Crippen molar-refractivity contribution >= 4 is 27.6 Å². The van der Waals surface area contributed by atoms with Crippen LogP contribution in [-0.2, 0) is 19.6 Å². The molecule has 1 N–H and O–H groups in total. The Kier molecular flexibility index (Phi) is 7.69. The average molecular weight is 437 g/mol. The number of carbonyl (C=O) groups excluding carboxylic acids is 2. The molecule has 0 aliphatic carbocycles. The highest BCUT2D eigenvalue weighted by atomic mass is 32.2. The van der Waals surface area contributed by atoms with Gasteiger partial charge in [0.1, 0.15) is 5.82 Å². The zero-order chi connectivity index (χ0) is 22.5. The number of nitrogens with one attached hydrogen (secondary N) is 1. The molecule has 0 bridgehead atoms. The lowest BCUT2D eigenvalue weighted by molar-refractivity contribution is -0.123. The standard InChI is InChI=1S/C21H25FN2O5S/c1-5-24(6-2)30(27,28)17-11-12-19(22)18(13-17)21(26)29-15(4)20(25)23-16-9-7-14(3)8-10-16/h7-13,15H,5-6H2,1-4H3,(H,23,25). The molecule has 7 nitrogen and oxygen atoms in total. The van der Waals surface area contributed by atoms with Gasteiger partial charge < -0.3 is 10.1 Å². The molecular formula is C21H25FN2O5S. The summed E-state index contributed by atoms with van der Waals surface area (Å²) in [5, 5.41) is 2.59. The van der Waals surface area contributed by atoms with Gasteiger partial charge in [0.2, 0.25) is 10.0 Å². The van der Waals surface area contributed by atoms with Gasteiger partial charge in [-0.1, -0.05) is 31.5 Å². The maximum Gasteiger partial charge on any atom is 0.341 e. The molecule has 1 amide bonds. The van der Waals surface area contributed by atoms with Crippen molar-refractivity contribution in [3.8, 4) is 0 Å². The van der Waals surface area contributed by atoms with E-state index in [9.17, 15) is 22.4 Å². The first-order valence-corrected chi connectivity index (χ1v) is 10.9. The quantitative estimate of drug-likeness (QED) is 0.641. The molecule has 0 aliphatic heterocycles. The summed E-state index contributed by atoms with van der Waals surface area (Å²) >= 11 is 0. The molecule has 0 saturated heterocycles. The normalized spacial score (nSPS) is 12.5.